The minimum atomic E-state index is -0.676. The molecule has 3 rings (SSSR count). The lowest BCUT2D eigenvalue weighted by Crippen LogP contribution is -1.94. The molecule has 21 heavy (non-hydrogen) atoms. The molecule has 6 heteroatoms. The van der Waals surface area contributed by atoms with E-state index in [4.69, 9.17) is 17.3 Å². The summed E-state index contributed by atoms with van der Waals surface area (Å²) in [5.74, 6) is -1.35. The van der Waals surface area contributed by atoms with Crippen LogP contribution in [0.5, 0.6) is 0 Å². The molecule has 106 valence electrons. The van der Waals surface area contributed by atoms with E-state index < -0.39 is 11.6 Å². The van der Waals surface area contributed by atoms with E-state index in [1.165, 1.54) is 16.8 Å². The summed E-state index contributed by atoms with van der Waals surface area (Å²) in [7, 11) is 0. The number of hydrogen-bond acceptors (Lipinski definition) is 2. The van der Waals surface area contributed by atoms with Crippen molar-refractivity contribution >= 4 is 17.3 Å². The molecular weight excluding hydrogens is 296 g/mol. The lowest BCUT2D eigenvalue weighted by atomic mass is 10.1. The van der Waals surface area contributed by atoms with Crippen LogP contribution in [0.4, 0.5) is 14.5 Å². The van der Waals surface area contributed by atoms with Crippen molar-refractivity contribution in [3.8, 4) is 16.9 Å². The van der Waals surface area contributed by atoms with E-state index in [0.29, 0.717) is 16.4 Å². The van der Waals surface area contributed by atoms with Gasteiger partial charge in [-0.3, -0.25) is 0 Å². The van der Waals surface area contributed by atoms with Gasteiger partial charge < -0.3 is 5.73 Å². The molecule has 0 aliphatic heterocycles. The Bertz CT molecular complexity index is 777. The number of rotatable bonds is 2. The molecule has 3 nitrogen and oxygen atoms in total. The molecule has 0 spiro atoms. The minimum absolute atomic E-state index is 0.290. The van der Waals surface area contributed by atoms with Crippen molar-refractivity contribution in [1.82, 2.24) is 9.78 Å². The molecule has 0 saturated carbocycles. The highest BCUT2D eigenvalue weighted by molar-refractivity contribution is 6.30. The van der Waals surface area contributed by atoms with E-state index in [2.05, 4.69) is 5.10 Å². The second kappa shape index (κ2) is 5.18. The van der Waals surface area contributed by atoms with Crippen molar-refractivity contribution in [3.05, 3.63) is 65.3 Å². The van der Waals surface area contributed by atoms with Gasteiger partial charge in [-0.2, -0.15) is 5.10 Å². The lowest BCUT2D eigenvalue weighted by Gasteiger charge is -2.01. The van der Waals surface area contributed by atoms with Crippen LogP contribution < -0.4 is 5.73 Å². The van der Waals surface area contributed by atoms with Crippen molar-refractivity contribution in [2.24, 2.45) is 0 Å². The Morgan fingerprint density at radius 3 is 2.24 bits per heavy atom. The van der Waals surface area contributed by atoms with E-state index in [-0.39, 0.29) is 5.56 Å². The van der Waals surface area contributed by atoms with Crippen molar-refractivity contribution in [1.29, 1.82) is 0 Å². The van der Waals surface area contributed by atoms with Crippen LogP contribution in [-0.4, -0.2) is 9.78 Å². The summed E-state index contributed by atoms with van der Waals surface area (Å²) in [5, 5.41) is 4.88. The first-order chi connectivity index (χ1) is 10.0. The van der Waals surface area contributed by atoms with E-state index in [1.54, 1.807) is 30.5 Å². The molecule has 1 heterocycles. The topological polar surface area (TPSA) is 43.8 Å². The summed E-state index contributed by atoms with van der Waals surface area (Å²) in [4.78, 5) is 0. The minimum Gasteiger partial charge on any atom is -0.396 e. The zero-order valence-electron chi connectivity index (χ0n) is 10.7. The number of hydrogen-bond donors (Lipinski definition) is 1. The summed E-state index contributed by atoms with van der Waals surface area (Å²) in [6, 6.07) is 10.2. The molecule has 0 amide bonds. The Kier molecular flexibility index (Phi) is 3.35. The van der Waals surface area contributed by atoms with Gasteiger partial charge in [-0.25, -0.2) is 13.5 Å². The second-order valence-corrected chi connectivity index (χ2v) is 4.95. The van der Waals surface area contributed by atoms with E-state index in [1.807, 2.05) is 0 Å². The predicted octanol–water partition coefficient (Wildman–Crippen LogP) is 4.05. The third-order valence-electron chi connectivity index (χ3n) is 2.97. The van der Waals surface area contributed by atoms with Gasteiger partial charge in [0.05, 0.1) is 17.6 Å². The lowest BCUT2D eigenvalue weighted by molar-refractivity contribution is 0.584. The number of benzene rings is 2. The van der Waals surface area contributed by atoms with Crippen LogP contribution in [0.1, 0.15) is 0 Å². The van der Waals surface area contributed by atoms with Gasteiger partial charge in [0.2, 0.25) is 0 Å². The summed E-state index contributed by atoms with van der Waals surface area (Å²) >= 11 is 5.83. The first-order valence-electron chi connectivity index (χ1n) is 6.10. The van der Waals surface area contributed by atoms with Gasteiger partial charge >= 0.3 is 0 Å². The second-order valence-electron chi connectivity index (χ2n) is 4.51. The normalized spacial score (nSPS) is 10.8. The first-order valence-corrected chi connectivity index (χ1v) is 6.48. The molecule has 0 unspecified atom stereocenters. The third kappa shape index (κ3) is 2.73. The van der Waals surface area contributed by atoms with Crippen molar-refractivity contribution in [3.63, 3.8) is 0 Å². The fraction of sp³-hybridized carbons (Fsp3) is 0. The number of nitrogen functional groups attached to an aromatic ring is 1. The zero-order chi connectivity index (χ0) is 15.0. The van der Waals surface area contributed by atoms with E-state index in [9.17, 15) is 8.78 Å². The van der Waals surface area contributed by atoms with Crippen LogP contribution in [-0.2, 0) is 0 Å². The Hall–Kier alpha value is -2.40. The molecule has 0 aliphatic carbocycles. The molecule has 0 saturated heterocycles. The van der Waals surface area contributed by atoms with Crippen LogP contribution >= 0.6 is 11.6 Å². The maximum Gasteiger partial charge on any atom is 0.126 e. The quantitative estimate of drug-likeness (QED) is 0.776. The summed E-state index contributed by atoms with van der Waals surface area (Å²) in [5.41, 5.74) is 7.57. The number of nitrogens with two attached hydrogens (primary N) is 1. The Morgan fingerprint density at radius 2 is 1.62 bits per heavy atom. The molecule has 0 bridgehead atoms. The highest BCUT2D eigenvalue weighted by Crippen LogP contribution is 2.27. The highest BCUT2D eigenvalue weighted by atomic mass is 35.5. The SMILES string of the molecule is Nc1cn(-c2ccc(Cl)cc2)nc1-c1cc(F)cc(F)c1. The van der Waals surface area contributed by atoms with E-state index >= 15 is 0 Å². The Balaban J connectivity index is 2.07. The molecule has 0 aliphatic rings. The van der Waals surface area contributed by atoms with Gasteiger partial charge in [-0.05, 0) is 36.4 Å². The maximum atomic E-state index is 13.3. The van der Waals surface area contributed by atoms with Gasteiger partial charge in [-0.1, -0.05) is 11.6 Å². The van der Waals surface area contributed by atoms with Gasteiger partial charge in [0, 0.05) is 16.7 Å². The predicted molar refractivity (Wildman–Crippen MR) is 78.3 cm³/mol. The molecular formula is C15H10ClF2N3. The van der Waals surface area contributed by atoms with Gasteiger partial charge in [0.15, 0.2) is 0 Å². The molecule has 0 atom stereocenters. The average molecular weight is 306 g/mol. The summed E-state index contributed by atoms with van der Waals surface area (Å²) < 4.78 is 28.1. The fourth-order valence-electron chi connectivity index (χ4n) is 2.03. The van der Waals surface area contributed by atoms with Gasteiger partial charge in [0.1, 0.15) is 17.3 Å². The van der Waals surface area contributed by atoms with Crippen LogP contribution in [0.3, 0.4) is 0 Å². The highest BCUT2D eigenvalue weighted by Gasteiger charge is 2.12. The summed E-state index contributed by atoms with van der Waals surface area (Å²) in [6.07, 6.45) is 1.58. The molecule has 3 aromatic rings. The Morgan fingerprint density at radius 1 is 1.00 bits per heavy atom. The molecule has 1 aromatic heterocycles. The van der Waals surface area contributed by atoms with Crippen LogP contribution in [0.25, 0.3) is 16.9 Å². The monoisotopic (exact) mass is 305 g/mol. The van der Waals surface area contributed by atoms with Crippen molar-refractivity contribution in [2.75, 3.05) is 5.73 Å². The third-order valence-corrected chi connectivity index (χ3v) is 3.22. The number of aromatic nitrogens is 2. The smallest absolute Gasteiger partial charge is 0.126 e. The zero-order valence-corrected chi connectivity index (χ0v) is 11.5. The molecule has 0 fully saturated rings. The van der Waals surface area contributed by atoms with Crippen LogP contribution in [0.15, 0.2) is 48.7 Å². The number of anilines is 1. The largest absolute Gasteiger partial charge is 0.396 e. The van der Waals surface area contributed by atoms with Gasteiger partial charge in [-0.15, -0.1) is 0 Å². The molecule has 2 aromatic carbocycles. The van der Waals surface area contributed by atoms with Gasteiger partial charge in [0.25, 0.3) is 0 Å². The van der Waals surface area contributed by atoms with Crippen LogP contribution in [0.2, 0.25) is 5.02 Å². The fourth-order valence-corrected chi connectivity index (χ4v) is 2.15. The number of nitrogens with zero attached hydrogens (tertiary/aromatic N) is 2. The van der Waals surface area contributed by atoms with Crippen LogP contribution in [0, 0.1) is 11.6 Å². The van der Waals surface area contributed by atoms with Crippen molar-refractivity contribution in [2.45, 2.75) is 0 Å². The standard InChI is InChI=1S/C15H10ClF2N3/c16-10-1-3-13(4-2-10)21-8-14(19)15(20-21)9-5-11(17)7-12(18)6-9/h1-8H,19H2. The van der Waals surface area contributed by atoms with Crippen molar-refractivity contribution < 1.29 is 8.78 Å². The Labute approximate surface area is 124 Å². The number of halogens is 3. The summed E-state index contributed by atoms with van der Waals surface area (Å²) in [6.45, 7) is 0. The first kappa shape index (κ1) is 13.6. The van der Waals surface area contributed by atoms with E-state index in [0.717, 1.165) is 11.8 Å². The molecule has 0 radical (unpaired) electrons. The molecule has 2 N–H and O–H groups in total. The average Bonchev–Trinajstić information content (AvgIpc) is 2.80. The maximum absolute atomic E-state index is 13.3.